The highest BCUT2D eigenvalue weighted by Gasteiger charge is 2.39. The van der Waals surface area contributed by atoms with Crippen molar-refractivity contribution in [1.29, 1.82) is 0 Å². The van der Waals surface area contributed by atoms with Crippen LogP contribution in [0.3, 0.4) is 0 Å². The van der Waals surface area contributed by atoms with Crippen LogP contribution in [-0.4, -0.2) is 17.8 Å². The van der Waals surface area contributed by atoms with Crippen LogP contribution in [0.15, 0.2) is 0 Å². The summed E-state index contributed by atoms with van der Waals surface area (Å²) in [7, 11) is 0. The fourth-order valence-electron chi connectivity index (χ4n) is 1.29. The summed E-state index contributed by atoms with van der Waals surface area (Å²) in [6.07, 6.45) is 1.05. The molecule has 0 aromatic carbocycles. The van der Waals surface area contributed by atoms with Gasteiger partial charge < -0.3 is 5.32 Å². The summed E-state index contributed by atoms with van der Waals surface area (Å²) in [5.41, 5.74) is 0. The van der Waals surface area contributed by atoms with Gasteiger partial charge in [0.2, 0.25) is 5.91 Å². The molecule has 0 bridgehead atoms. The maximum atomic E-state index is 11.5. The zero-order valence-corrected chi connectivity index (χ0v) is 9.27. The van der Waals surface area contributed by atoms with Crippen LogP contribution < -0.4 is 5.32 Å². The number of halogens is 1. The van der Waals surface area contributed by atoms with Gasteiger partial charge in [-0.25, -0.2) is 0 Å². The third-order valence-electron chi connectivity index (χ3n) is 2.91. The molecule has 1 rings (SSSR count). The van der Waals surface area contributed by atoms with E-state index in [1.807, 2.05) is 13.8 Å². The molecule has 4 atom stereocenters. The van der Waals surface area contributed by atoms with Gasteiger partial charge in [-0.2, -0.15) is 0 Å². The normalized spacial score (nSPS) is 30.8. The first kappa shape index (κ1) is 10.8. The summed E-state index contributed by atoms with van der Waals surface area (Å²) in [4.78, 5) is 11.5. The third-order valence-corrected chi connectivity index (χ3v) is 3.40. The second-order valence-electron chi connectivity index (χ2n) is 4.25. The second-order valence-corrected chi connectivity index (χ2v) is 4.56. The summed E-state index contributed by atoms with van der Waals surface area (Å²) in [6.45, 7) is 6.17. The molecule has 13 heavy (non-hydrogen) atoms. The highest BCUT2D eigenvalue weighted by Crippen LogP contribution is 2.37. The molecule has 1 N–H and O–H groups in total. The van der Waals surface area contributed by atoms with E-state index in [9.17, 15) is 4.79 Å². The fourth-order valence-corrected chi connectivity index (χ4v) is 1.56. The lowest BCUT2D eigenvalue weighted by molar-refractivity contribution is -0.123. The number of hydrogen-bond acceptors (Lipinski definition) is 1. The maximum Gasteiger partial charge on any atom is 0.223 e. The zero-order valence-electron chi connectivity index (χ0n) is 8.51. The van der Waals surface area contributed by atoms with E-state index in [0.29, 0.717) is 17.7 Å². The molecule has 4 unspecified atom stereocenters. The van der Waals surface area contributed by atoms with Gasteiger partial charge in [-0.15, -0.1) is 11.6 Å². The molecule has 1 fully saturated rings. The van der Waals surface area contributed by atoms with Crippen molar-refractivity contribution in [3.63, 3.8) is 0 Å². The minimum Gasteiger partial charge on any atom is -0.353 e. The van der Waals surface area contributed by atoms with Crippen LogP contribution in [0, 0.1) is 17.8 Å². The van der Waals surface area contributed by atoms with Gasteiger partial charge in [0.05, 0.1) is 0 Å². The van der Waals surface area contributed by atoms with Crippen molar-refractivity contribution in [3.05, 3.63) is 0 Å². The summed E-state index contributed by atoms with van der Waals surface area (Å²) in [5, 5.41) is 3.00. The fraction of sp³-hybridized carbons (Fsp3) is 0.900. The van der Waals surface area contributed by atoms with Crippen LogP contribution in [0.1, 0.15) is 27.2 Å². The Hall–Kier alpha value is -0.240. The van der Waals surface area contributed by atoms with Crippen molar-refractivity contribution >= 4 is 17.5 Å². The number of nitrogens with one attached hydrogen (secondary N) is 1. The molecule has 2 nitrogen and oxygen atoms in total. The number of rotatable bonds is 4. The molecule has 0 spiro atoms. The van der Waals surface area contributed by atoms with Crippen molar-refractivity contribution < 1.29 is 4.79 Å². The van der Waals surface area contributed by atoms with Crippen molar-refractivity contribution in [2.75, 3.05) is 5.88 Å². The van der Waals surface area contributed by atoms with Gasteiger partial charge in [0, 0.05) is 17.8 Å². The average molecular weight is 204 g/mol. The van der Waals surface area contributed by atoms with Gasteiger partial charge in [0.15, 0.2) is 0 Å². The van der Waals surface area contributed by atoms with E-state index >= 15 is 0 Å². The molecule has 0 saturated heterocycles. The van der Waals surface area contributed by atoms with E-state index < -0.39 is 0 Å². The van der Waals surface area contributed by atoms with Crippen LogP contribution in [0.4, 0.5) is 0 Å². The minimum absolute atomic E-state index is 0.192. The van der Waals surface area contributed by atoms with E-state index in [1.165, 1.54) is 0 Å². The maximum absolute atomic E-state index is 11.5. The Balaban J connectivity index is 2.27. The van der Waals surface area contributed by atoms with E-state index in [4.69, 9.17) is 11.6 Å². The van der Waals surface area contributed by atoms with Crippen molar-refractivity contribution in [1.82, 2.24) is 5.32 Å². The molecule has 1 saturated carbocycles. The Morgan fingerprint density at radius 2 is 2.15 bits per heavy atom. The van der Waals surface area contributed by atoms with E-state index in [2.05, 4.69) is 12.2 Å². The zero-order chi connectivity index (χ0) is 10.0. The Morgan fingerprint density at radius 1 is 1.62 bits per heavy atom. The molecular weight excluding hydrogens is 186 g/mol. The van der Waals surface area contributed by atoms with Crippen LogP contribution in [0.25, 0.3) is 0 Å². The van der Waals surface area contributed by atoms with Gasteiger partial charge in [-0.3, -0.25) is 4.79 Å². The molecule has 1 aliphatic carbocycles. The van der Waals surface area contributed by atoms with Gasteiger partial charge in [0.25, 0.3) is 0 Å². The van der Waals surface area contributed by atoms with Crippen LogP contribution in [0.2, 0.25) is 0 Å². The number of carbonyl (C=O) groups is 1. The van der Waals surface area contributed by atoms with Gasteiger partial charge in [-0.05, 0) is 25.2 Å². The standard InChI is InChI=1S/C10H18ClNO/c1-6-4-9(6)10(13)12-8(3)7(2)5-11/h6-9H,4-5H2,1-3H3,(H,12,13). The minimum atomic E-state index is 0.192. The first-order valence-corrected chi connectivity index (χ1v) is 5.46. The molecule has 1 amide bonds. The number of hydrogen-bond donors (Lipinski definition) is 1. The average Bonchev–Trinajstić information content (AvgIpc) is 2.81. The largest absolute Gasteiger partial charge is 0.353 e. The SMILES string of the molecule is CC(CCl)C(C)NC(=O)C1CC1C. The molecule has 0 radical (unpaired) electrons. The number of amides is 1. The lowest BCUT2D eigenvalue weighted by Gasteiger charge is -2.18. The highest BCUT2D eigenvalue weighted by molar-refractivity contribution is 6.18. The van der Waals surface area contributed by atoms with Gasteiger partial charge >= 0.3 is 0 Å². The van der Waals surface area contributed by atoms with E-state index in [0.717, 1.165) is 6.42 Å². The third kappa shape index (κ3) is 2.87. The molecule has 1 aliphatic rings. The topological polar surface area (TPSA) is 29.1 Å². The highest BCUT2D eigenvalue weighted by atomic mass is 35.5. The molecule has 76 valence electrons. The van der Waals surface area contributed by atoms with Crippen LogP contribution in [0.5, 0.6) is 0 Å². The molecule has 0 heterocycles. The van der Waals surface area contributed by atoms with E-state index in [-0.39, 0.29) is 17.9 Å². The van der Waals surface area contributed by atoms with Crippen molar-refractivity contribution in [2.45, 2.75) is 33.2 Å². The molecule has 0 aromatic heterocycles. The van der Waals surface area contributed by atoms with Crippen LogP contribution in [-0.2, 0) is 4.79 Å². The predicted molar refractivity (Wildman–Crippen MR) is 54.8 cm³/mol. The Kier molecular flexibility index (Phi) is 3.60. The summed E-state index contributed by atoms with van der Waals surface area (Å²) < 4.78 is 0. The quantitative estimate of drug-likeness (QED) is 0.696. The summed E-state index contributed by atoms with van der Waals surface area (Å²) in [6, 6.07) is 0.192. The number of alkyl halides is 1. The monoisotopic (exact) mass is 203 g/mol. The summed E-state index contributed by atoms with van der Waals surface area (Å²) in [5.74, 6) is 2.00. The number of carbonyl (C=O) groups excluding carboxylic acids is 1. The second kappa shape index (κ2) is 4.32. The van der Waals surface area contributed by atoms with Crippen LogP contribution >= 0.6 is 11.6 Å². The molecular formula is C10H18ClNO. The molecule has 0 aliphatic heterocycles. The molecule has 0 aromatic rings. The molecule has 3 heteroatoms. The summed E-state index contributed by atoms with van der Waals surface area (Å²) >= 11 is 5.70. The lowest BCUT2D eigenvalue weighted by Crippen LogP contribution is -2.38. The Bertz CT molecular complexity index is 195. The Morgan fingerprint density at radius 3 is 2.54 bits per heavy atom. The predicted octanol–water partition coefficient (Wildman–Crippen LogP) is 2.02. The smallest absolute Gasteiger partial charge is 0.223 e. The van der Waals surface area contributed by atoms with Crippen molar-refractivity contribution in [2.24, 2.45) is 17.8 Å². The van der Waals surface area contributed by atoms with E-state index in [1.54, 1.807) is 0 Å². The first-order valence-electron chi connectivity index (χ1n) is 4.92. The Labute approximate surface area is 85.0 Å². The lowest BCUT2D eigenvalue weighted by atomic mass is 10.1. The van der Waals surface area contributed by atoms with Crippen molar-refractivity contribution in [3.8, 4) is 0 Å². The van der Waals surface area contributed by atoms with Gasteiger partial charge in [0.1, 0.15) is 0 Å². The first-order chi connectivity index (χ1) is 6.06. The van der Waals surface area contributed by atoms with Gasteiger partial charge in [-0.1, -0.05) is 13.8 Å².